The second-order valence-electron chi connectivity index (χ2n) is 11.4. The van der Waals surface area contributed by atoms with Crippen molar-refractivity contribution in [1.82, 2.24) is 9.97 Å². The molecule has 0 aliphatic heterocycles. The third-order valence-electron chi connectivity index (χ3n) is 7.40. The first-order valence-electron chi connectivity index (χ1n) is 14.2. The number of nitrogens with zero attached hydrogens (tertiary/aromatic N) is 2. The molecule has 7 rings (SSSR count). The minimum Gasteiger partial charge on any atom is 0 e. The number of thiophene rings is 1. The van der Waals surface area contributed by atoms with E-state index in [9.17, 15) is 0 Å². The van der Waals surface area contributed by atoms with Crippen LogP contribution in [-0.4, -0.2) is 23.2 Å². The molecule has 0 bridgehead atoms. The van der Waals surface area contributed by atoms with Crippen LogP contribution in [0.1, 0.15) is 5.56 Å². The Labute approximate surface area is 274 Å². The third-order valence-corrected chi connectivity index (χ3v) is 12.8. The van der Waals surface area contributed by atoms with E-state index in [2.05, 4.69) is 120 Å². The number of aryl methyl sites for hydroxylation is 1. The Balaban J connectivity index is 0.000000188. The van der Waals surface area contributed by atoms with Crippen molar-refractivity contribution >= 4 is 49.2 Å². The zero-order chi connectivity index (χ0) is 29.1. The number of benzene rings is 4. The molecule has 3 aromatic heterocycles. The molecule has 0 fully saturated rings. The summed E-state index contributed by atoms with van der Waals surface area (Å²) in [6.07, 6.45) is 4.04. The van der Waals surface area contributed by atoms with Crippen LogP contribution in [-0.2, 0) is 20.1 Å². The van der Waals surface area contributed by atoms with Crippen molar-refractivity contribution in [2.24, 2.45) is 0 Å². The molecule has 2 nitrogen and oxygen atoms in total. The van der Waals surface area contributed by atoms with E-state index in [1.54, 1.807) is 0 Å². The Hall–Kier alpha value is -3.41. The van der Waals surface area contributed by atoms with Crippen LogP contribution >= 0.6 is 11.3 Å². The summed E-state index contributed by atoms with van der Waals surface area (Å²) in [6, 6.07) is 44.4. The fraction of sp³-hybridized carbons (Fsp3) is 0.105. The summed E-state index contributed by atoms with van der Waals surface area (Å²) >= 11 is 0.104. The minimum absolute atomic E-state index is 0. The first kappa shape index (κ1) is 31.0. The second kappa shape index (κ2) is 13.5. The molecule has 0 spiro atoms. The van der Waals surface area contributed by atoms with Crippen molar-refractivity contribution in [3.05, 3.63) is 139 Å². The van der Waals surface area contributed by atoms with Gasteiger partial charge in [-0.15, -0.1) is 40.7 Å². The van der Waals surface area contributed by atoms with Gasteiger partial charge in [0.25, 0.3) is 0 Å². The smallest absolute Gasteiger partial charge is 0 e. The van der Waals surface area contributed by atoms with Crippen molar-refractivity contribution in [3.8, 4) is 33.6 Å². The van der Waals surface area contributed by atoms with Gasteiger partial charge in [0, 0.05) is 46.5 Å². The third kappa shape index (κ3) is 7.05. The summed E-state index contributed by atoms with van der Waals surface area (Å²) in [4.78, 5) is 9.27. The first-order chi connectivity index (χ1) is 20.4. The van der Waals surface area contributed by atoms with Crippen LogP contribution < -0.4 is 4.40 Å². The standard InChI is InChI=1S/C24H16NS.C14H16GeN.Ir/c1-16-11-12-18(13-20(16)17-7-3-2-4-8-17)22-14-24-21(15-25-22)19-9-5-6-10-23(19)26-24;1-15(2,3)13-9-10-14(16-11-13)12-7-5-4-6-8-12;/h2-11,13-15H,1H3;4-7,9-11H,1-3H3;/q2*-1;. The molecule has 0 saturated carbocycles. The van der Waals surface area contributed by atoms with Gasteiger partial charge >= 0.3 is 99.8 Å². The van der Waals surface area contributed by atoms with Gasteiger partial charge in [0.1, 0.15) is 0 Å². The van der Waals surface area contributed by atoms with Crippen molar-refractivity contribution in [2.75, 3.05) is 0 Å². The normalized spacial score (nSPS) is 11.1. The SMILES string of the molecule is Cc1c[c-]c(-c2cc3sc4ccccc4c3cn2)cc1-c1ccccc1.[CH3][Ge]([CH3])([CH3])[c]1ccc(-c2[c-]cccc2)nc1.[Ir]. The maximum absolute atomic E-state index is 4.74. The average molecular weight is 814 g/mol. The molecular weight excluding hydrogens is 781 g/mol. The molecule has 1 radical (unpaired) electrons. The molecule has 0 saturated heterocycles. The molecule has 0 N–H and O–H groups in total. The van der Waals surface area contributed by atoms with E-state index in [0.29, 0.717) is 0 Å². The van der Waals surface area contributed by atoms with Crippen LogP contribution in [0.4, 0.5) is 0 Å². The van der Waals surface area contributed by atoms with E-state index >= 15 is 0 Å². The second-order valence-corrected chi connectivity index (χ2v) is 23.2. The van der Waals surface area contributed by atoms with Crippen LogP contribution in [0, 0.1) is 19.1 Å². The molecule has 7 aromatic rings. The predicted molar refractivity (Wildman–Crippen MR) is 183 cm³/mol. The van der Waals surface area contributed by atoms with Gasteiger partial charge < -0.3 is 4.98 Å². The zero-order valence-electron chi connectivity index (χ0n) is 24.7. The van der Waals surface area contributed by atoms with Crippen LogP contribution in [0.3, 0.4) is 0 Å². The molecule has 0 atom stereocenters. The van der Waals surface area contributed by atoms with Crippen molar-refractivity contribution in [1.29, 1.82) is 0 Å². The Morgan fingerprint density at radius 2 is 1.40 bits per heavy atom. The van der Waals surface area contributed by atoms with E-state index in [1.165, 1.54) is 41.3 Å². The molecule has 3 heterocycles. The number of fused-ring (bicyclic) bond motifs is 3. The molecule has 0 aliphatic carbocycles. The van der Waals surface area contributed by atoms with E-state index < -0.39 is 13.3 Å². The monoisotopic (exact) mass is 815 g/mol. The van der Waals surface area contributed by atoms with E-state index in [1.807, 2.05) is 54.1 Å². The molecule has 0 amide bonds. The van der Waals surface area contributed by atoms with Gasteiger partial charge in [-0.1, -0.05) is 67.1 Å². The van der Waals surface area contributed by atoms with Crippen LogP contribution in [0.5, 0.6) is 0 Å². The Morgan fingerprint density at radius 3 is 2.12 bits per heavy atom. The van der Waals surface area contributed by atoms with Crippen molar-refractivity contribution < 1.29 is 20.1 Å². The van der Waals surface area contributed by atoms with Gasteiger partial charge in [-0.25, -0.2) is 0 Å². The first-order valence-corrected chi connectivity index (χ1v) is 22.3. The fourth-order valence-corrected chi connectivity index (χ4v) is 8.24. The summed E-state index contributed by atoms with van der Waals surface area (Å²) in [5.74, 6) is 7.14. The summed E-state index contributed by atoms with van der Waals surface area (Å²) < 4.78 is 4.02. The maximum Gasteiger partial charge on any atom is 0 e. The van der Waals surface area contributed by atoms with E-state index in [-0.39, 0.29) is 20.1 Å². The molecule has 43 heavy (non-hydrogen) atoms. The maximum atomic E-state index is 4.74. The average Bonchev–Trinajstić information content (AvgIpc) is 3.40. The largest absolute Gasteiger partial charge is 0 e. The van der Waals surface area contributed by atoms with E-state index in [0.717, 1.165) is 22.5 Å². The molecule has 4 aromatic carbocycles. The summed E-state index contributed by atoms with van der Waals surface area (Å²) in [6.45, 7) is 2.13. The number of hydrogen-bond donors (Lipinski definition) is 0. The molecular formula is C38H32GeIrN2S-2. The molecule has 0 aliphatic rings. The minimum atomic E-state index is -1.72. The summed E-state index contributed by atoms with van der Waals surface area (Å²) in [5, 5.41) is 2.51. The van der Waals surface area contributed by atoms with Crippen molar-refractivity contribution in [3.63, 3.8) is 0 Å². The van der Waals surface area contributed by atoms with Gasteiger partial charge in [0.2, 0.25) is 0 Å². The van der Waals surface area contributed by atoms with Gasteiger partial charge in [-0.05, 0) is 17.3 Å². The Bertz CT molecular complexity index is 1960. The van der Waals surface area contributed by atoms with Crippen molar-refractivity contribution in [2.45, 2.75) is 24.2 Å². The quantitative estimate of drug-likeness (QED) is 0.131. The number of pyridine rings is 2. The van der Waals surface area contributed by atoms with E-state index in [4.69, 9.17) is 4.98 Å². The Morgan fingerprint density at radius 1 is 0.651 bits per heavy atom. The number of aromatic nitrogens is 2. The predicted octanol–water partition coefficient (Wildman–Crippen LogP) is 9.98. The number of hydrogen-bond acceptors (Lipinski definition) is 3. The zero-order valence-corrected chi connectivity index (χ0v) is 30.0. The summed E-state index contributed by atoms with van der Waals surface area (Å²) in [7, 11) is 0. The van der Waals surface area contributed by atoms with Crippen LogP contribution in [0.2, 0.25) is 17.3 Å². The molecule has 215 valence electrons. The van der Waals surface area contributed by atoms with Gasteiger partial charge in [-0.3, -0.25) is 0 Å². The van der Waals surface area contributed by atoms with Crippen LogP contribution in [0.25, 0.3) is 53.8 Å². The summed E-state index contributed by atoms with van der Waals surface area (Å²) in [5.41, 5.74) is 7.77. The topological polar surface area (TPSA) is 25.8 Å². The van der Waals surface area contributed by atoms with Gasteiger partial charge in [0.15, 0.2) is 0 Å². The Kier molecular flexibility index (Phi) is 9.73. The number of rotatable bonds is 4. The van der Waals surface area contributed by atoms with Crippen LogP contribution in [0.15, 0.2) is 122 Å². The fourth-order valence-electron chi connectivity index (χ4n) is 4.96. The molecule has 5 heteroatoms. The van der Waals surface area contributed by atoms with Gasteiger partial charge in [-0.2, -0.15) is 0 Å². The van der Waals surface area contributed by atoms with Gasteiger partial charge in [0.05, 0.1) is 0 Å². The molecule has 0 unspecified atom stereocenters.